The Morgan fingerprint density at radius 2 is 1.89 bits per heavy atom. The number of hydrogen-bond donors (Lipinski definition) is 1. The first-order valence-corrected chi connectivity index (χ1v) is 7.39. The van der Waals surface area contributed by atoms with Crippen LogP contribution in [0.3, 0.4) is 0 Å². The predicted molar refractivity (Wildman–Crippen MR) is 78.3 cm³/mol. The first-order valence-electron chi connectivity index (χ1n) is 6.64. The monoisotopic (exact) mass is 303 g/mol. The molecule has 3 nitrogen and oxygen atoms in total. The molecule has 106 valence electrons. The summed E-state index contributed by atoms with van der Waals surface area (Å²) in [5.41, 5.74) is 0. The average Bonchev–Trinajstić information content (AvgIpc) is 2.31. The Bertz CT molecular complexity index is 390. The molecule has 5 heteroatoms. The quantitative estimate of drug-likeness (QED) is 0.839. The summed E-state index contributed by atoms with van der Waals surface area (Å²) >= 11 is 12.1. The Labute approximate surface area is 124 Å². The predicted octanol–water partition coefficient (Wildman–Crippen LogP) is 3.22. The summed E-state index contributed by atoms with van der Waals surface area (Å²) in [6.07, 6.45) is 3.71. The number of nitrogens with zero attached hydrogens (tertiary/aromatic N) is 1. The van der Waals surface area contributed by atoms with E-state index in [0.717, 1.165) is 6.54 Å². The topological polar surface area (TPSA) is 32.7 Å². The van der Waals surface area contributed by atoms with Crippen molar-refractivity contribution in [3.05, 3.63) is 28.2 Å². The molecule has 19 heavy (non-hydrogen) atoms. The van der Waals surface area contributed by atoms with E-state index in [-0.39, 0.29) is 6.61 Å². The van der Waals surface area contributed by atoms with Crippen molar-refractivity contribution < 1.29 is 9.84 Å². The van der Waals surface area contributed by atoms with Crippen LogP contribution in [0.1, 0.15) is 19.3 Å². The van der Waals surface area contributed by atoms with Crippen molar-refractivity contribution in [1.29, 1.82) is 0 Å². The molecular formula is C14H19Cl2NO2. The summed E-state index contributed by atoms with van der Waals surface area (Å²) in [5, 5.41) is 10.1. The second-order valence-corrected chi connectivity index (χ2v) is 5.56. The van der Waals surface area contributed by atoms with Gasteiger partial charge in [-0.15, -0.1) is 0 Å². The molecule has 1 N–H and O–H groups in total. The van der Waals surface area contributed by atoms with E-state index in [1.807, 2.05) is 0 Å². The van der Waals surface area contributed by atoms with Crippen LogP contribution in [0.25, 0.3) is 0 Å². The van der Waals surface area contributed by atoms with Gasteiger partial charge in [-0.3, -0.25) is 4.90 Å². The number of aliphatic hydroxyl groups excluding tert-OH is 1. The fraction of sp³-hybridized carbons (Fsp3) is 0.571. The van der Waals surface area contributed by atoms with E-state index in [0.29, 0.717) is 35.0 Å². The molecule has 1 saturated carbocycles. The Hall–Kier alpha value is -0.480. The lowest BCUT2D eigenvalue weighted by Crippen LogP contribution is -2.43. The molecule has 0 heterocycles. The van der Waals surface area contributed by atoms with Crippen LogP contribution in [-0.2, 0) is 0 Å². The number of para-hydroxylation sites is 1. The van der Waals surface area contributed by atoms with E-state index in [2.05, 4.69) is 4.90 Å². The lowest BCUT2D eigenvalue weighted by atomic mass is 9.91. The Kier molecular flexibility index (Phi) is 5.76. The SMILES string of the molecule is OCCN(CCOc1c(Cl)cccc1Cl)C1CCC1. The molecule has 0 aliphatic heterocycles. The maximum atomic E-state index is 9.09. The fourth-order valence-corrected chi connectivity index (χ4v) is 2.75. The van der Waals surface area contributed by atoms with Gasteiger partial charge in [-0.25, -0.2) is 0 Å². The molecule has 1 aliphatic rings. The highest BCUT2D eigenvalue weighted by atomic mass is 35.5. The minimum atomic E-state index is 0.184. The smallest absolute Gasteiger partial charge is 0.156 e. The van der Waals surface area contributed by atoms with Crippen molar-refractivity contribution >= 4 is 23.2 Å². The lowest BCUT2D eigenvalue weighted by molar-refractivity contribution is 0.0860. The van der Waals surface area contributed by atoms with Gasteiger partial charge in [-0.2, -0.15) is 0 Å². The van der Waals surface area contributed by atoms with Crippen LogP contribution in [0.2, 0.25) is 10.0 Å². The second-order valence-electron chi connectivity index (χ2n) is 4.74. The zero-order valence-electron chi connectivity index (χ0n) is 10.8. The number of benzene rings is 1. The fourth-order valence-electron chi connectivity index (χ4n) is 2.24. The van der Waals surface area contributed by atoms with Crippen molar-refractivity contribution in [3.8, 4) is 5.75 Å². The van der Waals surface area contributed by atoms with Gasteiger partial charge in [0.25, 0.3) is 0 Å². The summed E-state index contributed by atoms with van der Waals surface area (Å²) in [6.45, 7) is 2.19. The number of rotatable bonds is 7. The van der Waals surface area contributed by atoms with Crippen molar-refractivity contribution in [2.75, 3.05) is 26.3 Å². The van der Waals surface area contributed by atoms with Gasteiger partial charge < -0.3 is 9.84 Å². The molecule has 0 radical (unpaired) electrons. The van der Waals surface area contributed by atoms with E-state index in [1.54, 1.807) is 18.2 Å². The van der Waals surface area contributed by atoms with Crippen molar-refractivity contribution in [2.45, 2.75) is 25.3 Å². The maximum Gasteiger partial charge on any atom is 0.156 e. The molecule has 0 unspecified atom stereocenters. The average molecular weight is 304 g/mol. The molecule has 0 atom stereocenters. The lowest BCUT2D eigenvalue weighted by Gasteiger charge is -2.37. The van der Waals surface area contributed by atoms with Gasteiger partial charge in [0.15, 0.2) is 5.75 Å². The van der Waals surface area contributed by atoms with Gasteiger partial charge in [-0.05, 0) is 25.0 Å². The van der Waals surface area contributed by atoms with Gasteiger partial charge in [0, 0.05) is 19.1 Å². The zero-order valence-corrected chi connectivity index (χ0v) is 12.3. The van der Waals surface area contributed by atoms with E-state index in [1.165, 1.54) is 19.3 Å². The van der Waals surface area contributed by atoms with Gasteiger partial charge in [0.1, 0.15) is 6.61 Å². The van der Waals surface area contributed by atoms with Crippen LogP contribution in [0.5, 0.6) is 5.75 Å². The van der Waals surface area contributed by atoms with Crippen LogP contribution >= 0.6 is 23.2 Å². The maximum absolute atomic E-state index is 9.09. The minimum absolute atomic E-state index is 0.184. The van der Waals surface area contributed by atoms with Gasteiger partial charge in [0.2, 0.25) is 0 Å². The zero-order chi connectivity index (χ0) is 13.7. The van der Waals surface area contributed by atoms with Crippen LogP contribution in [0, 0.1) is 0 Å². The third-order valence-corrected chi connectivity index (χ3v) is 4.12. The third-order valence-electron chi connectivity index (χ3n) is 3.52. The normalized spacial score (nSPS) is 15.6. The van der Waals surface area contributed by atoms with Crippen molar-refractivity contribution in [1.82, 2.24) is 4.90 Å². The molecule has 0 spiro atoms. The third kappa shape index (κ3) is 3.99. The number of ether oxygens (including phenoxy) is 1. The summed E-state index contributed by atoms with van der Waals surface area (Å²) < 4.78 is 5.68. The van der Waals surface area contributed by atoms with E-state index in [4.69, 9.17) is 33.0 Å². The second kappa shape index (κ2) is 7.34. The van der Waals surface area contributed by atoms with Crippen LogP contribution in [0.15, 0.2) is 18.2 Å². The summed E-state index contributed by atoms with van der Waals surface area (Å²) in [4.78, 5) is 2.27. The Morgan fingerprint density at radius 3 is 2.42 bits per heavy atom. The highest BCUT2D eigenvalue weighted by Crippen LogP contribution is 2.32. The Morgan fingerprint density at radius 1 is 1.21 bits per heavy atom. The molecule has 1 aromatic rings. The van der Waals surface area contributed by atoms with Crippen LogP contribution in [-0.4, -0.2) is 42.4 Å². The molecule has 1 fully saturated rings. The van der Waals surface area contributed by atoms with E-state index in [9.17, 15) is 0 Å². The summed E-state index contributed by atoms with van der Waals surface area (Å²) in [6, 6.07) is 5.92. The van der Waals surface area contributed by atoms with Crippen LogP contribution in [0.4, 0.5) is 0 Å². The highest BCUT2D eigenvalue weighted by molar-refractivity contribution is 6.37. The number of hydrogen-bond acceptors (Lipinski definition) is 3. The highest BCUT2D eigenvalue weighted by Gasteiger charge is 2.24. The van der Waals surface area contributed by atoms with Gasteiger partial charge in [0.05, 0.1) is 16.7 Å². The molecule has 0 aromatic heterocycles. The van der Waals surface area contributed by atoms with Crippen molar-refractivity contribution in [2.24, 2.45) is 0 Å². The van der Waals surface area contributed by atoms with Gasteiger partial charge in [-0.1, -0.05) is 35.7 Å². The largest absolute Gasteiger partial charge is 0.489 e. The Balaban J connectivity index is 1.84. The van der Waals surface area contributed by atoms with E-state index >= 15 is 0 Å². The molecule has 1 aliphatic carbocycles. The molecule has 1 aromatic carbocycles. The van der Waals surface area contributed by atoms with Crippen molar-refractivity contribution in [3.63, 3.8) is 0 Å². The number of aliphatic hydroxyl groups is 1. The molecule has 0 saturated heterocycles. The molecular weight excluding hydrogens is 285 g/mol. The summed E-state index contributed by atoms with van der Waals surface area (Å²) in [5.74, 6) is 0.545. The molecule has 2 rings (SSSR count). The first-order chi connectivity index (χ1) is 9.22. The number of halogens is 2. The van der Waals surface area contributed by atoms with Crippen LogP contribution < -0.4 is 4.74 Å². The standard InChI is InChI=1S/C14H19Cl2NO2/c15-12-5-2-6-13(16)14(12)19-10-8-17(7-9-18)11-3-1-4-11/h2,5-6,11,18H,1,3-4,7-10H2. The molecule has 0 bridgehead atoms. The van der Waals surface area contributed by atoms with Gasteiger partial charge >= 0.3 is 0 Å². The van der Waals surface area contributed by atoms with E-state index < -0.39 is 0 Å². The summed E-state index contributed by atoms with van der Waals surface area (Å²) in [7, 11) is 0. The molecule has 0 amide bonds. The first kappa shape index (κ1) is 14.9. The minimum Gasteiger partial charge on any atom is -0.489 e.